The van der Waals surface area contributed by atoms with Gasteiger partial charge >= 0.3 is 5.97 Å². The maximum atomic E-state index is 12.5. The van der Waals surface area contributed by atoms with E-state index in [0.29, 0.717) is 17.0 Å². The third-order valence-corrected chi connectivity index (χ3v) is 4.78. The van der Waals surface area contributed by atoms with E-state index in [9.17, 15) is 28.5 Å². The van der Waals surface area contributed by atoms with Gasteiger partial charge in [-0.15, -0.1) is 0 Å². The van der Waals surface area contributed by atoms with Crippen LogP contribution in [0.1, 0.15) is 23.4 Å². The Bertz CT molecular complexity index is 986. The van der Waals surface area contributed by atoms with Crippen LogP contribution in [0.25, 0.3) is 0 Å². The third kappa shape index (κ3) is 7.40. The van der Waals surface area contributed by atoms with E-state index in [4.69, 9.17) is 16.3 Å². The number of alkyl halides is 2. The number of aromatic nitrogens is 2. The number of nitrogens with zero attached hydrogens (tertiary/aromatic N) is 3. The van der Waals surface area contributed by atoms with Gasteiger partial charge < -0.3 is 10.1 Å². The molecule has 0 fully saturated rings. The Kier molecular flexibility index (Phi) is 8.63. The maximum absolute atomic E-state index is 12.5. The van der Waals surface area contributed by atoms with E-state index in [0.717, 1.165) is 6.07 Å². The van der Waals surface area contributed by atoms with Gasteiger partial charge in [-0.1, -0.05) is 11.6 Å². The number of ether oxygens (including phenoxy) is 1. The smallest absolute Gasteiger partial charge is 0.306 e. The number of carbonyl (C=O) groups is 2. The number of nitro benzene ring substituents is 1. The van der Waals surface area contributed by atoms with Crippen LogP contribution in [0.3, 0.4) is 0 Å². The first kappa shape index (κ1) is 24.4. The molecule has 0 atom stereocenters. The molecule has 0 saturated carbocycles. The van der Waals surface area contributed by atoms with Crippen LogP contribution in [0.15, 0.2) is 23.4 Å². The minimum Gasteiger partial charge on any atom is -0.456 e. The number of benzene rings is 1. The lowest BCUT2D eigenvalue weighted by Gasteiger charge is -2.11. The Balaban J connectivity index is 1.89. The van der Waals surface area contributed by atoms with Gasteiger partial charge in [-0.2, -0.15) is 8.78 Å². The van der Waals surface area contributed by atoms with Crippen LogP contribution in [0, 0.1) is 24.0 Å². The van der Waals surface area contributed by atoms with E-state index in [1.165, 1.54) is 12.1 Å². The number of carbonyl (C=O) groups excluding carboxylic acids is 2. The molecule has 1 aromatic heterocycles. The van der Waals surface area contributed by atoms with Crippen LogP contribution in [0.2, 0.25) is 5.02 Å². The Morgan fingerprint density at radius 1 is 1.29 bits per heavy atom. The lowest BCUT2D eigenvalue weighted by atomic mass is 10.1. The van der Waals surface area contributed by atoms with Gasteiger partial charge in [0.05, 0.1) is 4.92 Å². The van der Waals surface area contributed by atoms with Crippen LogP contribution in [0.5, 0.6) is 0 Å². The quantitative estimate of drug-likeness (QED) is 0.189. The van der Waals surface area contributed by atoms with Crippen molar-refractivity contribution < 1.29 is 28.0 Å². The average molecular weight is 475 g/mol. The molecule has 1 aromatic carbocycles. The summed E-state index contributed by atoms with van der Waals surface area (Å²) in [5.74, 6) is -4.09. The third-order valence-electron chi connectivity index (χ3n) is 3.97. The Labute approximate surface area is 184 Å². The monoisotopic (exact) mass is 474 g/mol. The summed E-state index contributed by atoms with van der Waals surface area (Å²) < 4.78 is 29.8. The molecule has 0 aliphatic carbocycles. The molecule has 1 N–H and O–H groups in total. The molecule has 0 saturated heterocycles. The number of halogens is 3. The molecule has 0 spiro atoms. The van der Waals surface area contributed by atoms with Crippen molar-refractivity contribution in [3.63, 3.8) is 0 Å². The van der Waals surface area contributed by atoms with E-state index in [2.05, 4.69) is 15.3 Å². The summed E-state index contributed by atoms with van der Waals surface area (Å²) in [7, 11) is 0. The first-order valence-corrected chi connectivity index (χ1v) is 10.0. The van der Waals surface area contributed by atoms with Crippen LogP contribution in [-0.2, 0) is 20.7 Å². The van der Waals surface area contributed by atoms with Crippen molar-refractivity contribution in [3.05, 3.63) is 50.3 Å². The van der Waals surface area contributed by atoms with Gasteiger partial charge in [0.25, 0.3) is 17.4 Å². The number of thioether (sulfide) groups is 1. The first-order valence-electron chi connectivity index (χ1n) is 8.75. The molecule has 13 heteroatoms. The lowest BCUT2D eigenvalue weighted by molar-refractivity contribution is -0.383. The van der Waals surface area contributed by atoms with Crippen molar-refractivity contribution in [2.75, 3.05) is 11.9 Å². The van der Waals surface area contributed by atoms with Crippen LogP contribution in [-0.4, -0.2) is 39.1 Å². The topological polar surface area (TPSA) is 124 Å². The fraction of sp³-hybridized carbons (Fsp3) is 0.333. The number of amides is 1. The molecule has 0 radical (unpaired) electrons. The SMILES string of the molecule is Cc1nc(SC(F)F)nc(C)c1CCC(=O)OCC(=O)Nc1ccc(Cl)cc1[N+](=O)[O-]. The van der Waals surface area contributed by atoms with Gasteiger partial charge in [0.1, 0.15) is 5.69 Å². The largest absolute Gasteiger partial charge is 0.456 e. The summed E-state index contributed by atoms with van der Waals surface area (Å²) in [4.78, 5) is 42.2. The molecule has 0 bridgehead atoms. The number of hydrogen-bond acceptors (Lipinski definition) is 8. The van der Waals surface area contributed by atoms with Crippen molar-refractivity contribution in [1.29, 1.82) is 0 Å². The van der Waals surface area contributed by atoms with Crippen molar-refractivity contribution in [2.24, 2.45) is 0 Å². The number of aryl methyl sites for hydroxylation is 2. The number of nitro groups is 1. The number of rotatable bonds is 9. The highest BCUT2D eigenvalue weighted by Crippen LogP contribution is 2.27. The summed E-state index contributed by atoms with van der Waals surface area (Å²) in [6.45, 7) is 2.60. The zero-order chi connectivity index (χ0) is 23.1. The minimum atomic E-state index is -2.64. The number of nitrogens with one attached hydrogen (secondary N) is 1. The zero-order valence-electron chi connectivity index (χ0n) is 16.4. The second-order valence-electron chi connectivity index (χ2n) is 6.16. The number of esters is 1. The summed E-state index contributed by atoms with van der Waals surface area (Å²) in [6, 6.07) is 3.72. The highest BCUT2D eigenvalue weighted by molar-refractivity contribution is 7.99. The molecular formula is C18H17ClF2N4O5S. The van der Waals surface area contributed by atoms with E-state index in [1.54, 1.807) is 13.8 Å². The molecule has 1 amide bonds. The normalized spacial score (nSPS) is 10.8. The number of anilines is 1. The van der Waals surface area contributed by atoms with Crippen molar-refractivity contribution in [2.45, 2.75) is 37.6 Å². The second kappa shape index (κ2) is 11.0. The van der Waals surface area contributed by atoms with Crippen LogP contribution < -0.4 is 5.32 Å². The molecule has 2 rings (SSSR count). The van der Waals surface area contributed by atoms with Gasteiger partial charge in [0, 0.05) is 28.9 Å². The van der Waals surface area contributed by atoms with Gasteiger partial charge in [-0.3, -0.25) is 19.7 Å². The summed E-state index contributed by atoms with van der Waals surface area (Å²) in [6.07, 6.45) is 0.0984. The lowest BCUT2D eigenvalue weighted by Crippen LogP contribution is -2.21. The molecule has 9 nitrogen and oxygen atoms in total. The maximum Gasteiger partial charge on any atom is 0.306 e. The molecule has 2 aromatic rings. The highest BCUT2D eigenvalue weighted by atomic mass is 35.5. The molecule has 0 unspecified atom stereocenters. The predicted octanol–water partition coefficient (Wildman–Crippen LogP) is 4.08. The van der Waals surface area contributed by atoms with E-state index < -0.39 is 34.9 Å². The fourth-order valence-corrected chi connectivity index (χ4v) is 3.30. The zero-order valence-corrected chi connectivity index (χ0v) is 17.9. The van der Waals surface area contributed by atoms with Gasteiger partial charge in [0.15, 0.2) is 11.8 Å². The molecule has 0 aliphatic rings. The van der Waals surface area contributed by atoms with Crippen LogP contribution >= 0.6 is 23.4 Å². The molecule has 1 heterocycles. The molecular weight excluding hydrogens is 458 g/mol. The van der Waals surface area contributed by atoms with Gasteiger partial charge in [0.2, 0.25) is 0 Å². The van der Waals surface area contributed by atoms with Crippen molar-refractivity contribution >= 4 is 46.6 Å². The van der Waals surface area contributed by atoms with Gasteiger partial charge in [-0.05, 0) is 49.7 Å². The van der Waals surface area contributed by atoms with E-state index in [-0.39, 0.29) is 40.5 Å². The van der Waals surface area contributed by atoms with E-state index in [1.807, 2.05) is 0 Å². The summed E-state index contributed by atoms with van der Waals surface area (Å²) in [5.41, 5.74) is 1.08. The number of hydrogen-bond donors (Lipinski definition) is 1. The van der Waals surface area contributed by atoms with Gasteiger partial charge in [-0.25, -0.2) is 9.97 Å². The Morgan fingerprint density at radius 3 is 2.52 bits per heavy atom. The van der Waals surface area contributed by atoms with Crippen molar-refractivity contribution in [1.82, 2.24) is 9.97 Å². The second-order valence-corrected chi connectivity index (χ2v) is 7.56. The standard InChI is InChI=1S/C18H17ClF2N4O5S/c1-9-12(10(2)23-18(22-9)31-17(20)21)4-6-16(27)30-8-15(26)24-13-5-3-11(19)7-14(13)25(28)29/h3,5,7,17H,4,6,8H2,1-2H3,(H,24,26). The Morgan fingerprint density at radius 2 is 1.94 bits per heavy atom. The Hall–Kier alpha value is -2.86. The fourth-order valence-electron chi connectivity index (χ4n) is 2.60. The predicted molar refractivity (Wildman–Crippen MR) is 109 cm³/mol. The van der Waals surface area contributed by atoms with Crippen LogP contribution in [0.4, 0.5) is 20.2 Å². The molecule has 31 heavy (non-hydrogen) atoms. The summed E-state index contributed by atoms with van der Waals surface area (Å²) >= 11 is 5.94. The highest BCUT2D eigenvalue weighted by Gasteiger charge is 2.18. The van der Waals surface area contributed by atoms with E-state index >= 15 is 0 Å². The minimum absolute atomic E-state index is 0.0516. The average Bonchev–Trinajstić information content (AvgIpc) is 2.66. The molecule has 0 aliphatic heterocycles. The first-order chi connectivity index (χ1) is 14.6. The molecule has 166 valence electrons. The summed E-state index contributed by atoms with van der Waals surface area (Å²) in [5, 5.41) is 13.4. The van der Waals surface area contributed by atoms with Crippen molar-refractivity contribution in [3.8, 4) is 0 Å².